The second-order valence-electron chi connectivity index (χ2n) is 6.29. The van der Waals surface area contributed by atoms with E-state index in [4.69, 9.17) is 0 Å². The molecule has 0 spiro atoms. The zero-order chi connectivity index (χ0) is 16.7. The molecule has 1 amide bonds. The maximum Gasteiger partial charge on any atom is 0.255 e. The monoisotopic (exact) mass is 317 g/mol. The van der Waals surface area contributed by atoms with Crippen molar-refractivity contribution in [2.75, 3.05) is 5.32 Å². The van der Waals surface area contributed by atoms with Gasteiger partial charge in [-0.2, -0.15) is 0 Å². The number of aromatic nitrogens is 2. The van der Waals surface area contributed by atoms with Crippen LogP contribution in [0.2, 0.25) is 0 Å². The van der Waals surface area contributed by atoms with Gasteiger partial charge in [-0.05, 0) is 56.3 Å². The number of anilines is 1. The first kappa shape index (κ1) is 14.6. The van der Waals surface area contributed by atoms with Crippen molar-refractivity contribution in [1.82, 2.24) is 9.55 Å². The minimum absolute atomic E-state index is 0.0945. The second kappa shape index (κ2) is 5.57. The van der Waals surface area contributed by atoms with Crippen molar-refractivity contribution in [3.05, 3.63) is 66.5 Å². The standard InChI is InChI=1S/C20H19N3O/c1-13(2)23-11-9-14-12-15(6-7-19(14)23)20(24)22-18-5-3-4-17-16(18)8-10-21-17/h3-13,21H,1-2H3,(H,22,24). The molecule has 0 atom stereocenters. The van der Waals surface area contributed by atoms with Gasteiger partial charge >= 0.3 is 0 Å². The molecule has 2 aromatic carbocycles. The van der Waals surface area contributed by atoms with Gasteiger partial charge in [0.25, 0.3) is 5.91 Å². The Kier molecular flexibility index (Phi) is 3.38. The van der Waals surface area contributed by atoms with Gasteiger partial charge in [-0.15, -0.1) is 0 Å². The van der Waals surface area contributed by atoms with Gasteiger partial charge in [0.15, 0.2) is 0 Å². The Morgan fingerprint density at radius 1 is 1.12 bits per heavy atom. The van der Waals surface area contributed by atoms with Crippen LogP contribution in [0.15, 0.2) is 60.9 Å². The largest absolute Gasteiger partial charge is 0.361 e. The Bertz CT molecular complexity index is 1040. The van der Waals surface area contributed by atoms with Crippen LogP contribution < -0.4 is 5.32 Å². The van der Waals surface area contributed by atoms with Crippen LogP contribution in [0, 0.1) is 0 Å². The lowest BCUT2D eigenvalue weighted by Gasteiger charge is -2.10. The van der Waals surface area contributed by atoms with Crippen molar-refractivity contribution in [3.63, 3.8) is 0 Å². The van der Waals surface area contributed by atoms with E-state index in [0.29, 0.717) is 11.6 Å². The fourth-order valence-electron chi connectivity index (χ4n) is 3.14. The number of benzene rings is 2. The molecule has 0 saturated carbocycles. The summed E-state index contributed by atoms with van der Waals surface area (Å²) in [5.41, 5.74) is 3.64. The zero-order valence-corrected chi connectivity index (χ0v) is 13.7. The Labute approximate surface area is 140 Å². The summed E-state index contributed by atoms with van der Waals surface area (Å²) in [6.45, 7) is 4.30. The van der Waals surface area contributed by atoms with Gasteiger partial charge in [-0.1, -0.05) is 6.07 Å². The smallest absolute Gasteiger partial charge is 0.255 e. The highest BCUT2D eigenvalue weighted by atomic mass is 16.1. The lowest BCUT2D eigenvalue weighted by atomic mass is 10.1. The van der Waals surface area contributed by atoms with Gasteiger partial charge < -0.3 is 14.9 Å². The summed E-state index contributed by atoms with van der Waals surface area (Å²) in [6.07, 6.45) is 3.94. The third-order valence-corrected chi connectivity index (χ3v) is 4.38. The minimum atomic E-state index is -0.0945. The third kappa shape index (κ3) is 2.36. The molecule has 4 heteroatoms. The van der Waals surface area contributed by atoms with Crippen LogP contribution in [-0.4, -0.2) is 15.5 Å². The van der Waals surface area contributed by atoms with E-state index in [1.165, 1.54) is 0 Å². The molecule has 2 heterocycles. The number of carbonyl (C=O) groups is 1. The lowest BCUT2D eigenvalue weighted by molar-refractivity contribution is 0.102. The predicted molar refractivity (Wildman–Crippen MR) is 98.6 cm³/mol. The van der Waals surface area contributed by atoms with Gasteiger partial charge in [-0.3, -0.25) is 4.79 Å². The van der Waals surface area contributed by atoms with Crippen LogP contribution in [0.4, 0.5) is 5.69 Å². The highest BCUT2D eigenvalue weighted by Crippen LogP contribution is 2.24. The molecule has 2 N–H and O–H groups in total. The quantitative estimate of drug-likeness (QED) is 0.551. The number of nitrogens with zero attached hydrogens (tertiary/aromatic N) is 1. The molecule has 24 heavy (non-hydrogen) atoms. The van der Waals surface area contributed by atoms with Crippen molar-refractivity contribution < 1.29 is 4.79 Å². The van der Waals surface area contributed by atoms with Gasteiger partial charge in [-0.25, -0.2) is 0 Å². The number of H-pyrrole nitrogens is 1. The SMILES string of the molecule is CC(C)n1ccc2cc(C(=O)Nc3cccc4[nH]ccc34)ccc21. The molecule has 4 rings (SSSR count). The average molecular weight is 317 g/mol. The molecule has 0 aliphatic carbocycles. The lowest BCUT2D eigenvalue weighted by Crippen LogP contribution is -2.12. The molecular formula is C20H19N3O. The van der Waals surface area contributed by atoms with E-state index in [-0.39, 0.29) is 5.91 Å². The maximum absolute atomic E-state index is 12.6. The first-order chi connectivity index (χ1) is 11.6. The first-order valence-electron chi connectivity index (χ1n) is 8.11. The van der Waals surface area contributed by atoms with E-state index < -0.39 is 0 Å². The number of hydrogen-bond donors (Lipinski definition) is 2. The molecule has 120 valence electrons. The number of rotatable bonds is 3. The fraction of sp³-hybridized carbons (Fsp3) is 0.150. The van der Waals surface area contributed by atoms with E-state index in [2.05, 4.69) is 41.0 Å². The van der Waals surface area contributed by atoms with E-state index in [1.54, 1.807) is 0 Å². The normalized spacial score (nSPS) is 11.5. The molecule has 0 aliphatic rings. The minimum Gasteiger partial charge on any atom is -0.361 e. The Morgan fingerprint density at radius 2 is 2.00 bits per heavy atom. The van der Waals surface area contributed by atoms with Crippen molar-refractivity contribution in [3.8, 4) is 0 Å². The van der Waals surface area contributed by atoms with E-state index in [0.717, 1.165) is 27.5 Å². The summed E-state index contributed by atoms with van der Waals surface area (Å²) >= 11 is 0. The van der Waals surface area contributed by atoms with Crippen molar-refractivity contribution in [1.29, 1.82) is 0 Å². The van der Waals surface area contributed by atoms with Crippen LogP contribution in [-0.2, 0) is 0 Å². The number of amides is 1. The molecule has 0 unspecified atom stereocenters. The highest BCUT2D eigenvalue weighted by Gasteiger charge is 2.11. The predicted octanol–water partition coefficient (Wildman–Crippen LogP) is 4.96. The van der Waals surface area contributed by atoms with Crippen LogP contribution >= 0.6 is 0 Å². The van der Waals surface area contributed by atoms with Crippen molar-refractivity contribution in [2.45, 2.75) is 19.9 Å². The molecule has 0 fully saturated rings. The second-order valence-corrected chi connectivity index (χ2v) is 6.29. The number of nitrogens with one attached hydrogen (secondary N) is 2. The Hall–Kier alpha value is -3.01. The first-order valence-corrected chi connectivity index (χ1v) is 8.11. The van der Waals surface area contributed by atoms with Gasteiger partial charge in [0.2, 0.25) is 0 Å². The third-order valence-electron chi connectivity index (χ3n) is 4.38. The number of carbonyl (C=O) groups excluding carboxylic acids is 1. The van der Waals surface area contributed by atoms with E-state index >= 15 is 0 Å². The van der Waals surface area contributed by atoms with Gasteiger partial charge in [0.1, 0.15) is 0 Å². The number of fused-ring (bicyclic) bond motifs is 2. The highest BCUT2D eigenvalue weighted by molar-refractivity contribution is 6.10. The van der Waals surface area contributed by atoms with Crippen LogP contribution in [0.1, 0.15) is 30.2 Å². The summed E-state index contributed by atoms with van der Waals surface area (Å²) < 4.78 is 2.21. The molecule has 0 radical (unpaired) electrons. The molecule has 0 bridgehead atoms. The number of hydrogen-bond acceptors (Lipinski definition) is 1. The summed E-state index contributed by atoms with van der Waals surface area (Å²) in [5, 5.41) is 5.11. The van der Waals surface area contributed by atoms with Crippen LogP contribution in [0.3, 0.4) is 0 Å². The molecule has 2 aromatic heterocycles. The number of aromatic amines is 1. The topological polar surface area (TPSA) is 49.8 Å². The average Bonchev–Trinajstić information content (AvgIpc) is 3.21. The van der Waals surface area contributed by atoms with E-state index in [9.17, 15) is 4.79 Å². The summed E-state index contributed by atoms with van der Waals surface area (Å²) in [4.78, 5) is 15.8. The molecule has 0 saturated heterocycles. The van der Waals surface area contributed by atoms with Crippen LogP contribution in [0.25, 0.3) is 21.8 Å². The molecular weight excluding hydrogens is 298 g/mol. The molecule has 4 aromatic rings. The van der Waals surface area contributed by atoms with Crippen molar-refractivity contribution >= 4 is 33.4 Å². The summed E-state index contributed by atoms with van der Waals surface area (Å²) in [5.74, 6) is -0.0945. The van der Waals surface area contributed by atoms with Gasteiger partial charge in [0.05, 0.1) is 5.69 Å². The zero-order valence-electron chi connectivity index (χ0n) is 13.7. The molecule has 0 aliphatic heterocycles. The van der Waals surface area contributed by atoms with Crippen LogP contribution in [0.5, 0.6) is 0 Å². The summed E-state index contributed by atoms with van der Waals surface area (Å²) in [7, 11) is 0. The van der Waals surface area contributed by atoms with Crippen molar-refractivity contribution in [2.24, 2.45) is 0 Å². The molecule has 4 nitrogen and oxygen atoms in total. The maximum atomic E-state index is 12.6. The fourth-order valence-corrected chi connectivity index (χ4v) is 3.14. The van der Waals surface area contributed by atoms with Gasteiger partial charge in [0, 0.05) is 45.8 Å². The van der Waals surface area contributed by atoms with E-state index in [1.807, 2.05) is 48.7 Å². The Morgan fingerprint density at radius 3 is 2.83 bits per heavy atom. The Balaban J connectivity index is 1.67. The summed E-state index contributed by atoms with van der Waals surface area (Å²) in [6, 6.07) is 16.1.